The molecule has 0 bridgehead atoms. The molecule has 3 atom stereocenters. The summed E-state index contributed by atoms with van der Waals surface area (Å²) in [6, 6.07) is 8.61. The van der Waals surface area contributed by atoms with Gasteiger partial charge in [0.15, 0.2) is 12.2 Å². The van der Waals surface area contributed by atoms with Crippen LogP contribution in [-0.4, -0.2) is 62.9 Å². The monoisotopic (exact) mass is 378 g/mol. The lowest BCUT2D eigenvalue weighted by Gasteiger charge is -2.18. The molecule has 148 valence electrons. The van der Waals surface area contributed by atoms with Crippen LogP contribution in [0.5, 0.6) is 0 Å². The fourth-order valence-corrected chi connectivity index (χ4v) is 2.58. The van der Waals surface area contributed by atoms with Gasteiger partial charge in [0.25, 0.3) is 5.91 Å². The minimum Gasteiger partial charge on any atom is -0.464 e. The van der Waals surface area contributed by atoms with Gasteiger partial charge < -0.3 is 24.8 Å². The van der Waals surface area contributed by atoms with Crippen LogP contribution < -0.4 is 10.6 Å². The van der Waals surface area contributed by atoms with Crippen molar-refractivity contribution in [3.05, 3.63) is 35.9 Å². The Morgan fingerprint density at radius 1 is 1.19 bits per heavy atom. The van der Waals surface area contributed by atoms with Crippen molar-refractivity contribution in [1.82, 2.24) is 10.6 Å². The smallest absolute Gasteiger partial charge is 0.338 e. The van der Waals surface area contributed by atoms with Crippen molar-refractivity contribution in [3.8, 4) is 0 Å². The topological polar surface area (TPSA) is 106 Å². The fraction of sp³-hybridized carbons (Fsp3) is 0.526. The van der Waals surface area contributed by atoms with Crippen molar-refractivity contribution in [2.24, 2.45) is 0 Å². The summed E-state index contributed by atoms with van der Waals surface area (Å²) >= 11 is 0. The highest BCUT2D eigenvalue weighted by molar-refractivity contribution is 5.95. The number of rotatable bonds is 11. The van der Waals surface area contributed by atoms with Gasteiger partial charge in [-0.3, -0.25) is 9.59 Å². The summed E-state index contributed by atoms with van der Waals surface area (Å²) in [7, 11) is 1.59. The van der Waals surface area contributed by atoms with Crippen molar-refractivity contribution in [2.75, 3.05) is 26.9 Å². The predicted octanol–water partition coefficient (Wildman–Crippen LogP) is 0.197. The summed E-state index contributed by atoms with van der Waals surface area (Å²) in [5.41, 5.74) is 0.911. The van der Waals surface area contributed by atoms with Gasteiger partial charge in [0.1, 0.15) is 6.04 Å². The molecule has 8 nitrogen and oxygen atoms in total. The molecule has 1 aliphatic rings. The van der Waals surface area contributed by atoms with Crippen molar-refractivity contribution in [3.63, 3.8) is 0 Å². The van der Waals surface area contributed by atoms with Gasteiger partial charge in [0, 0.05) is 26.7 Å². The Morgan fingerprint density at radius 2 is 1.93 bits per heavy atom. The summed E-state index contributed by atoms with van der Waals surface area (Å²) in [6.07, 6.45) is -0.805. The molecule has 0 radical (unpaired) electrons. The van der Waals surface area contributed by atoms with Gasteiger partial charge in [-0.25, -0.2) is 4.79 Å². The Morgan fingerprint density at radius 3 is 2.59 bits per heavy atom. The summed E-state index contributed by atoms with van der Waals surface area (Å²) in [5.74, 6) is -1.36. The second-order valence-corrected chi connectivity index (χ2v) is 6.12. The van der Waals surface area contributed by atoms with Gasteiger partial charge in [-0.1, -0.05) is 30.3 Å². The molecule has 2 amide bonds. The maximum absolute atomic E-state index is 12.5. The first-order valence-corrected chi connectivity index (χ1v) is 8.99. The number of nitrogens with one attached hydrogen (secondary N) is 2. The first-order chi connectivity index (χ1) is 13.1. The standard InChI is InChI=1S/C19H26N2O6/c1-3-26-19(24)16-15(27-16)18(23)21-14(12-13-8-5-4-6-9-13)17(22)20-10-7-11-25-2/h4-6,8-9,14-16H,3,7,10-12H2,1-2H3,(H,20,22)(H,21,23)/t14-,15-,16-/m0/s1. The number of benzene rings is 1. The molecule has 2 N–H and O–H groups in total. The Hall–Kier alpha value is -2.45. The van der Waals surface area contributed by atoms with Gasteiger partial charge >= 0.3 is 5.97 Å². The van der Waals surface area contributed by atoms with Crippen LogP contribution in [0.3, 0.4) is 0 Å². The van der Waals surface area contributed by atoms with E-state index in [9.17, 15) is 14.4 Å². The Bertz CT molecular complexity index is 636. The van der Waals surface area contributed by atoms with Crippen LogP contribution >= 0.6 is 0 Å². The largest absolute Gasteiger partial charge is 0.464 e. The molecule has 0 aromatic heterocycles. The van der Waals surface area contributed by atoms with Gasteiger partial charge in [0.05, 0.1) is 6.61 Å². The zero-order chi connectivity index (χ0) is 19.6. The summed E-state index contributed by atoms with van der Waals surface area (Å²) in [4.78, 5) is 36.5. The molecule has 1 aromatic carbocycles. The molecular formula is C19H26N2O6. The van der Waals surface area contributed by atoms with E-state index < -0.39 is 30.1 Å². The molecule has 27 heavy (non-hydrogen) atoms. The van der Waals surface area contributed by atoms with Crippen molar-refractivity contribution < 1.29 is 28.6 Å². The molecule has 0 unspecified atom stereocenters. The van der Waals surface area contributed by atoms with Gasteiger partial charge in [0.2, 0.25) is 5.91 Å². The average molecular weight is 378 g/mol. The maximum Gasteiger partial charge on any atom is 0.338 e. The first kappa shape index (κ1) is 20.9. The highest BCUT2D eigenvalue weighted by Gasteiger charge is 2.52. The molecular weight excluding hydrogens is 352 g/mol. The molecule has 8 heteroatoms. The molecule has 0 spiro atoms. The van der Waals surface area contributed by atoms with Crippen LogP contribution in [0, 0.1) is 0 Å². The van der Waals surface area contributed by atoms with Crippen LogP contribution in [-0.2, 0) is 35.0 Å². The number of epoxide rings is 1. The first-order valence-electron chi connectivity index (χ1n) is 8.99. The third-order valence-corrected chi connectivity index (χ3v) is 4.01. The van der Waals surface area contributed by atoms with Gasteiger partial charge in [-0.15, -0.1) is 0 Å². The molecule has 2 rings (SSSR count). The van der Waals surface area contributed by atoms with Crippen molar-refractivity contribution in [2.45, 2.75) is 38.0 Å². The molecule has 0 saturated carbocycles. The van der Waals surface area contributed by atoms with E-state index in [1.165, 1.54) is 0 Å². The second kappa shape index (κ2) is 10.6. The van der Waals surface area contributed by atoms with E-state index in [1.54, 1.807) is 14.0 Å². The number of carbonyl (C=O) groups is 3. The number of amides is 2. The number of methoxy groups -OCH3 is 1. The highest BCUT2D eigenvalue weighted by atomic mass is 16.6. The highest BCUT2D eigenvalue weighted by Crippen LogP contribution is 2.23. The minimum atomic E-state index is -0.913. The van der Waals surface area contributed by atoms with Crippen molar-refractivity contribution in [1.29, 1.82) is 0 Å². The molecule has 1 aromatic rings. The lowest BCUT2D eigenvalue weighted by atomic mass is 10.0. The maximum atomic E-state index is 12.5. The summed E-state index contributed by atoms with van der Waals surface area (Å²) < 4.78 is 14.9. The normalized spacial score (nSPS) is 19.0. The lowest BCUT2D eigenvalue weighted by molar-refractivity contribution is -0.144. The van der Waals surface area contributed by atoms with E-state index in [0.29, 0.717) is 26.0 Å². The number of ether oxygens (including phenoxy) is 3. The Kier molecular flexibility index (Phi) is 8.22. The number of esters is 1. The van der Waals surface area contributed by atoms with Crippen molar-refractivity contribution >= 4 is 17.8 Å². The third-order valence-electron chi connectivity index (χ3n) is 4.01. The van der Waals surface area contributed by atoms with Gasteiger partial charge in [-0.2, -0.15) is 0 Å². The van der Waals surface area contributed by atoms with Crippen LogP contribution in [0.15, 0.2) is 30.3 Å². The van der Waals surface area contributed by atoms with E-state index >= 15 is 0 Å². The van der Waals surface area contributed by atoms with Crippen LogP contribution in [0.25, 0.3) is 0 Å². The second-order valence-electron chi connectivity index (χ2n) is 6.12. The van der Waals surface area contributed by atoms with E-state index in [4.69, 9.17) is 14.2 Å². The summed E-state index contributed by atoms with van der Waals surface area (Å²) in [6.45, 7) is 2.87. The quantitative estimate of drug-likeness (QED) is 0.324. The Labute approximate surface area is 158 Å². The minimum absolute atomic E-state index is 0.216. The van der Waals surface area contributed by atoms with Crippen LogP contribution in [0.2, 0.25) is 0 Å². The van der Waals surface area contributed by atoms with Crippen LogP contribution in [0.4, 0.5) is 0 Å². The molecule has 0 aliphatic carbocycles. The molecule has 1 fully saturated rings. The SMILES string of the molecule is CCOC(=O)[C@H]1O[C@@H]1C(=O)N[C@@H](Cc1ccccc1)C(=O)NCCCOC. The Balaban J connectivity index is 1.94. The fourth-order valence-electron chi connectivity index (χ4n) is 2.58. The van der Waals surface area contributed by atoms with Gasteiger partial charge in [-0.05, 0) is 18.9 Å². The average Bonchev–Trinajstić information content (AvgIpc) is 3.47. The van der Waals surface area contributed by atoms with E-state index in [1.807, 2.05) is 30.3 Å². The molecule has 1 aliphatic heterocycles. The number of hydrogen-bond donors (Lipinski definition) is 2. The molecule has 1 heterocycles. The number of carbonyl (C=O) groups excluding carboxylic acids is 3. The number of hydrogen-bond acceptors (Lipinski definition) is 6. The van der Waals surface area contributed by atoms with Crippen LogP contribution in [0.1, 0.15) is 18.9 Å². The summed E-state index contributed by atoms with van der Waals surface area (Å²) in [5, 5.41) is 5.47. The molecule has 1 saturated heterocycles. The van der Waals surface area contributed by atoms with E-state index in [-0.39, 0.29) is 12.5 Å². The van der Waals surface area contributed by atoms with E-state index in [2.05, 4.69) is 10.6 Å². The third kappa shape index (κ3) is 6.65. The lowest BCUT2D eigenvalue weighted by Crippen LogP contribution is -2.49. The van der Waals surface area contributed by atoms with E-state index in [0.717, 1.165) is 5.56 Å². The zero-order valence-electron chi connectivity index (χ0n) is 15.6. The zero-order valence-corrected chi connectivity index (χ0v) is 15.6. The predicted molar refractivity (Wildman–Crippen MR) is 96.9 cm³/mol.